The topological polar surface area (TPSA) is 103 Å². The molecule has 1 N–H and O–H groups in total. The van der Waals surface area contributed by atoms with Crippen molar-refractivity contribution in [2.24, 2.45) is 4.99 Å². The first kappa shape index (κ1) is 24.1. The molecule has 0 fully saturated rings. The van der Waals surface area contributed by atoms with Crippen LogP contribution < -0.4 is 5.32 Å². The molecular weight excluding hydrogens is 467 g/mol. The summed E-state index contributed by atoms with van der Waals surface area (Å²) in [6.45, 7) is -0.0814. The average Bonchev–Trinajstić information content (AvgIpc) is 2.80. The van der Waals surface area contributed by atoms with Crippen LogP contribution in [-0.4, -0.2) is 58.4 Å². The fraction of sp³-hybridized carbons (Fsp3) is 0.273. The minimum absolute atomic E-state index is 0.0694. The van der Waals surface area contributed by atoms with Crippen molar-refractivity contribution in [3.05, 3.63) is 71.8 Å². The molecule has 2 aromatic rings. The Bertz CT molecular complexity index is 832. The van der Waals surface area contributed by atoms with Crippen LogP contribution in [0.25, 0.3) is 0 Å². The van der Waals surface area contributed by atoms with Crippen molar-refractivity contribution in [3.8, 4) is 0 Å². The first-order valence-electron chi connectivity index (χ1n) is 9.43. The fourth-order valence-electron chi connectivity index (χ4n) is 2.39. The van der Waals surface area contributed by atoms with E-state index in [0.29, 0.717) is 0 Å². The van der Waals surface area contributed by atoms with E-state index in [0.717, 1.165) is 11.1 Å². The number of carbonyl (C=O) groups is 3. The predicted octanol–water partition coefficient (Wildman–Crippen LogP) is 2.15. The standard InChI is InChI=1S/C22H23N2O6Se/c1-28-20(26)13-23-21(31)18(12-19(25)29-14-16-8-4-2-5-9-16)24-22(27)30-15-17-10-6-3-7-11-17/h2-11,18H,12-15H2,1H3,(H,24,27)/t18-/m0/s1. The van der Waals surface area contributed by atoms with Crippen molar-refractivity contribution in [2.75, 3.05) is 13.7 Å². The summed E-state index contributed by atoms with van der Waals surface area (Å²) in [6.07, 6.45) is -0.925. The van der Waals surface area contributed by atoms with Gasteiger partial charge in [-0.15, -0.1) is 0 Å². The van der Waals surface area contributed by atoms with Crippen LogP contribution in [0.1, 0.15) is 17.5 Å². The van der Waals surface area contributed by atoms with Gasteiger partial charge in [-0.1, -0.05) is 0 Å². The van der Waals surface area contributed by atoms with Crippen LogP contribution in [0.15, 0.2) is 65.7 Å². The van der Waals surface area contributed by atoms with Crippen LogP contribution in [0, 0.1) is 0 Å². The molecule has 0 unspecified atom stereocenters. The fourth-order valence-corrected chi connectivity index (χ4v) is 2.82. The number of nitrogens with one attached hydrogen (secondary N) is 1. The number of hydrogen-bond donors (Lipinski definition) is 1. The maximum absolute atomic E-state index is 12.3. The van der Waals surface area contributed by atoms with Crippen molar-refractivity contribution < 1.29 is 28.6 Å². The molecule has 0 saturated carbocycles. The Hall–Kier alpha value is -3.16. The summed E-state index contributed by atoms with van der Waals surface area (Å²) >= 11 is 2.68. The number of rotatable bonds is 10. The summed E-state index contributed by atoms with van der Waals surface area (Å²) < 4.78 is 15.3. The number of benzene rings is 2. The second kappa shape index (κ2) is 13.2. The quantitative estimate of drug-likeness (QED) is 0.237. The van der Waals surface area contributed by atoms with Gasteiger partial charge in [0, 0.05) is 0 Å². The summed E-state index contributed by atoms with van der Waals surface area (Å²) in [6, 6.07) is 17.5. The maximum atomic E-state index is 12.3. The number of methoxy groups -OCH3 is 1. The van der Waals surface area contributed by atoms with Gasteiger partial charge in [-0.3, -0.25) is 0 Å². The van der Waals surface area contributed by atoms with Gasteiger partial charge in [0.25, 0.3) is 0 Å². The third-order valence-electron chi connectivity index (χ3n) is 4.01. The van der Waals surface area contributed by atoms with Gasteiger partial charge in [0.1, 0.15) is 0 Å². The molecule has 0 aliphatic carbocycles. The van der Waals surface area contributed by atoms with Crippen LogP contribution in [0.3, 0.4) is 0 Å². The van der Waals surface area contributed by atoms with Gasteiger partial charge in [0.15, 0.2) is 0 Å². The summed E-state index contributed by atoms with van der Waals surface area (Å²) in [7, 11) is 1.24. The second-order valence-corrected chi connectivity index (χ2v) is 7.22. The Labute approximate surface area is 188 Å². The summed E-state index contributed by atoms with van der Waals surface area (Å²) in [5.74, 6) is -1.09. The van der Waals surface area contributed by atoms with E-state index in [2.05, 4.69) is 31.1 Å². The van der Waals surface area contributed by atoms with Crippen molar-refractivity contribution in [3.63, 3.8) is 0 Å². The minimum atomic E-state index is -0.851. The molecule has 8 nitrogen and oxygen atoms in total. The zero-order chi connectivity index (χ0) is 22.5. The van der Waals surface area contributed by atoms with Gasteiger partial charge < -0.3 is 0 Å². The molecule has 0 bridgehead atoms. The van der Waals surface area contributed by atoms with Gasteiger partial charge in [0.2, 0.25) is 0 Å². The number of carbonyl (C=O) groups excluding carboxylic acids is 3. The molecule has 1 radical (unpaired) electrons. The van der Waals surface area contributed by atoms with E-state index in [1.807, 2.05) is 60.7 Å². The average molecular weight is 490 g/mol. The number of esters is 2. The normalized spacial score (nSPS) is 11.8. The number of hydrogen-bond acceptors (Lipinski definition) is 7. The van der Waals surface area contributed by atoms with Gasteiger partial charge in [-0.05, 0) is 0 Å². The number of ether oxygens (including phenoxy) is 3. The van der Waals surface area contributed by atoms with Crippen LogP contribution in [0.4, 0.5) is 4.79 Å². The monoisotopic (exact) mass is 491 g/mol. The number of nitrogens with zero attached hydrogens (tertiary/aromatic N) is 1. The zero-order valence-corrected chi connectivity index (χ0v) is 18.7. The summed E-state index contributed by atoms with van der Waals surface area (Å²) in [5.41, 5.74) is 1.66. The molecular formula is C22H23N2O6Se. The Morgan fingerprint density at radius 3 is 2.00 bits per heavy atom. The third kappa shape index (κ3) is 9.46. The molecule has 0 saturated heterocycles. The van der Waals surface area contributed by atoms with E-state index in [1.165, 1.54) is 7.11 Å². The molecule has 31 heavy (non-hydrogen) atoms. The predicted molar refractivity (Wildman–Crippen MR) is 114 cm³/mol. The van der Waals surface area contributed by atoms with E-state index >= 15 is 0 Å². The van der Waals surface area contributed by atoms with Gasteiger partial charge in [0.05, 0.1) is 0 Å². The summed E-state index contributed by atoms with van der Waals surface area (Å²) in [4.78, 5) is 40.0. The van der Waals surface area contributed by atoms with Gasteiger partial charge in [-0.2, -0.15) is 0 Å². The number of aliphatic imine (C=N–C) groups is 1. The molecule has 0 aliphatic heterocycles. The van der Waals surface area contributed by atoms with Crippen molar-refractivity contribution >= 4 is 38.7 Å². The molecule has 1 atom stereocenters. The van der Waals surface area contributed by atoms with Crippen molar-refractivity contribution in [1.29, 1.82) is 0 Å². The van der Waals surface area contributed by atoms with E-state index in [4.69, 9.17) is 9.47 Å². The van der Waals surface area contributed by atoms with Gasteiger partial charge >= 0.3 is 189 Å². The molecule has 163 valence electrons. The van der Waals surface area contributed by atoms with Gasteiger partial charge in [-0.25, -0.2) is 0 Å². The van der Waals surface area contributed by atoms with Crippen LogP contribution >= 0.6 is 0 Å². The molecule has 9 heteroatoms. The van der Waals surface area contributed by atoms with Crippen molar-refractivity contribution in [2.45, 2.75) is 25.7 Å². The number of amides is 1. The van der Waals surface area contributed by atoms with Crippen LogP contribution in [0.5, 0.6) is 0 Å². The Balaban J connectivity index is 1.96. The Morgan fingerprint density at radius 1 is 0.903 bits per heavy atom. The molecule has 0 heterocycles. The van der Waals surface area contributed by atoms with Crippen LogP contribution in [-0.2, 0) is 37.0 Å². The molecule has 0 aliphatic rings. The van der Waals surface area contributed by atoms with E-state index in [1.54, 1.807) is 0 Å². The van der Waals surface area contributed by atoms with E-state index in [-0.39, 0.29) is 30.8 Å². The summed E-state index contributed by atoms with van der Waals surface area (Å²) in [5, 5.41) is 2.58. The first-order chi connectivity index (χ1) is 15.0. The molecule has 2 aromatic carbocycles. The number of alkyl carbamates (subject to hydrolysis) is 1. The van der Waals surface area contributed by atoms with E-state index < -0.39 is 24.1 Å². The Morgan fingerprint density at radius 2 is 1.45 bits per heavy atom. The SMILES string of the molecule is COC(=O)CN=C([Se])[C@H](CC(=O)OCc1ccccc1)NC(=O)OCc1ccccc1. The third-order valence-corrected chi connectivity index (χ3v) is 4.88. The van der Waals surface area contributed by atoms with Crippen LogP contribution in [0.2, 0.25) is 0 Å². The first-order valence-corrected chi connectivity index (χ1v) is 10.3. The second-order valence-electron chi connectivity index (χ2n) is 6.34. The molecule has 0 aromatic heterocycles. The molecule has 1 amide bonds. The van der Waals surface area contributed by atoms with E-state index in [9.17, 15) is 14.4 Å². The van der Waals surface area contributed by atoms with Crippen molar-refractivity contribution in [1.82, 2.24) is 5.32 Å². The molecule has 0 spiro atoms. The Kier molecular flexibility index (Phi) is 10.3. The zero-order valence-electron chi connectivity index (χ0n) is 17.0. The molecule has 2 rings (SSSR count).